The van der Waals surface area contributed by atoms with Crippen LogP contribution in [0.3, 0.4) is 0 Å². The molecule has 0 aliphatic carbocycles. The molecule has 1 saturated heterocycles. The number of benzene rings is 1. The lowest BCUT2D eigenvalue weighted by atomic mass is 10.2. The van der Waals surface area contributed by atoms with Crippen LogP contribution in [0.1, 0.15) is 20.8 Å². The molecule has 0 amide bonds. The summed E-state index contributed by atoms with van der Waals surface area (Å²) < 4.78 is 18.7. The zero-order chi connectivity index (χ0) is 19.6. The minimum atomic E-state index is -0.261. The number of halogens is 1. The zero-order valence-electron chi connectivity index (χ0n) is 17.0. The summed E-state index contributed by atoms with van der Waals surface area (Å²) in [6, 6.07) is 6.53. The van der Waals surface area contributed by atoms with Gasteiger partial charge in [0.15, 0.2) is 5.96 Å². The maximum absolute atomic E-state index is 12.9. The van der Waals surface area contributed by atoms with Crippen LogP contribution in [-0.4, -0.2) is 80.8 Å². The van der Waals surface area contributed by atoms with E-state index in [1.54, 1.807) is 19.2 Å². The summed E-state index contributed by atoms with van der Waals surface area (Å²) in [7, 11) is 1.77. The second kappa shape index (κ2) is 11.1. The molecule has 0 bridgehead atoms. The van der Waals surface area contributed by atoms with Crippen molar-refractivity contribution in [3.63, 3.8) is 0 Å². The second-order valence-electron chi connectivity index (χ2n) is 7.04. The molecule has 1 heterocycles. The van der Waals surface area contributed by atoms with E-state index in [1.807, 2.05) is 6.92 Å². The summed E-state index contributed by atoms with van der Waals surface area (Å²) in [5.74, 6) is 1.17. The van der Waals surface area contributed by atoms with Gasteiger partial charge in [0.05, 0.1) is 6.54 Å². The van der Waals surface area contributed by atoms with Crippen LogP contribution in [0.15, 0.2) is 29.3 Å². The van der Waals surface area contributed by atoms with Gasteiger partial charge in [-0.3, -0.25) is 9.89 Å². The Bertz CT molecular complexity index is 572. The lowest BCUT2D eigenvalue weighted by molar-refractivity contribution is 0.107. The Morgan fingerprint density at radius 2 is 1.74 bits per heavy atom. The van der Waals surface area contributed by atoms with E-state index in [-0.39, 0.29) is 11.9 Å². The van der Waals surface area contributed by atoms with Crippen molar-refractivity contribution in [2.45, 2.75) is 32.9 Å². The fourth-order valence-electron chi connectivity index (χ4n) is 3.14. The van der Waals surface area contributed by atoms with Crippen molar-refractivity contribution in [2.75, 3.05) is 52.9 Å². The second-order valence-corrected chi connectivity index (χ2v) is 7.04. The number of hydrogen-bond donors (Lipinski definition) is 2. The van der Waals surface area contributed by atoms with Crippen LogP contribution < -0.4 is 15.4 Å². The number of piperazine rings is 1. The van der Waals surface area contributed by atoms with Crippen molar-refractivity contribution in [3.05, 3.63) is 30.1 Å². The molecule has 1 fully saturated rings. The van der Waals surface area contributed by atoms with E-state index < -0.39 is 0 Å². The Labute approximate surface area is 162 Å². The lowest BCUT2D eigenvalue weighted by Gasteiger charge is -2.37. The van der Waals surface area contributed by atoms with Crippen LogP contribution in [-0.2, 0) is 0 Å². The van der Waals surface area contributed by atoms with Gasteiger partial charge in [0, 0.05) is 45.8 Å². The molecular formula is C20H34FN5O. The molecule has 27 heavy (non-hydrogen) atoms. The number of nitrogens with zero attached hydrogens (tertiary/aromatic N) is 3. The van der Waals surface area contributed by atoms with Gasteiger partial charge in [0.2, 0.25) is 0 Å². The van der Waals surface area contributed by atoms with Crippen molar-refractivity contribution in [1.82, 2.24) is 20.4 Å². The van der Waals surface area contributed by atoms with Crippen molar-refractivity contribution in [1.29, 1.82) is 0 Å². The van der Waals surface area contributed by atoms with Crippen molar-refractivity contribution in [3.8, 4) is 5.75 Å². The monoisotopic (exact) mass is 379 g/mol. The SMILES string of the molecule is CCN1CCN(C(C)CNC(=NC)NCC(C)Oc2ccc(F)cc2)CC1. The molecule has 152 valence electrons. The number of ether oxygens (including phenoxy) is 1. The molecule has 1 aliphatic rings. The molecule has 1 aliphatic heterocycles. The first-order valence-corrected chi connectivity index (χ1v) is 9.85. The van der Waals surface area contributed by atoms with Crippen LogP contribution in [0.5, 0.6) is 5.75 Å². The molecule has 1 aromatic rings. The molecular weight excluding hydrogens is 345 g/mol. The standard InChI is InChI=1S/C20H34FN5O/c1-5-25-10-12-26(13-11-25)16(2)14-23-20(22-4)24-15-17(3)27-19-8-6-18(21)7-9-19/h6-9,16-17H,5,10-15H2,1-4H3,(H2,22,23,24). The van der Waals surface area contributed by atoms with Gasteiger partial charge in [-0.25, -0.2) is 4.39 Å². The Kier molecular flexibility index (Phi) is 8.81. The fourth-order valence-corrected chi connectivity index (χ4v) is 3.14. The quantitative estimate of drug-likeness (QED) is 0.533. The molecule has 0 saturated carbocycles. The Morgan fingerprint density at radius 1 is 1.11 bits per heavy atom. The first kappa shape index (κ1) is 21.4. The minimum Gasteiger partial charge on any atom is -0.489 e. The predicted octanol–water partition coefficient (Wildman–Crippen LogP) is 1.78. The van der Waals surface area contributed by atoms with Gasteiger partial charge in [-0.2, -0.15) is 0 Å². The van der Waals surface area contributed by atoms with Gasteiger partial charge in [0.1, 0.15) is 17.7 Å². The predicted molar refractivity (Wildman–Crippen MR) is 109 cm³/mol. The number of hydrogen-bond acceptors (Lipinski definition) is 4. The third-order valence-electron chi connectivity index (χ3n) is 4.97. The third kappa shape index (κ3) is 7.34. The maximum Gasteiger partial charge on any atom is 0.191 e. The van der Waals surface area contributed by atoms with E-state index in [4.69, 9.17) is 4.74 Å². The number of guanidine groups is 1. The molecule has 2 N–H and O–H groups in total. The summed E-state index contributed by atoms with van der Waals surface area (Å²) in [6.07, 6.45) is -0.0615. The first-order valence-electron chi connectivity index (χ1n) is 9.85. The van der Waals surface area contributed by atoms with Gasteiger partial charge in [-0.05, 0) is 44.7 Å². The lowest BCUT2D eigenvalue weighted by Crippen LogP contribution is -2.53. The number of aliphatic imine (C=N–C) groups is 1. The molecule has 0 aromatic heterocycles. The van der Waals surface area contributed by atoms with Gasteiger partial charge >= 0.3 is 0 Å². The molecule has 2 atom stereocenters. The highest BCUT2D eigenvalue weighted by molar-refractivity contribution is 5.79. The molecule has 1 aromatic carbocycles. The summed E-state index contributed by atoms with van der Waals surface area (Å²) >= 11 is 0. The summed E-state index contributed by atoms with van der Waals surface area (Å²) in [5.41, 5.74) is 0. The fraction of sp³-hybridized carbons (Fsp3) is 0.650. The normalized spacial score (nSPS) is 18.8. The molecule has 2 rings (SSSR count). The summed E-state index contributed by atoms with van der Waals surface area (Å²) in [4.78, 5) is 9.29. The third-order valence-corrected chi connectivity index (χ3v) is 4.97. The topological polar surface area (TPSA) is 52.1 Å². The highest BCUT2D eigenvalue weighted by Crippen LogP contribution is 2.12. The zero-order valence-corrected chi connectivity index (χ0v) is 17.0. The van der Waals surface area contributed by atoms with E-state index in [0.29, 0.717) is 18.3 Å². The van der Waals surface area contributed by atoms with Gasteiger partial charge < -0.3 is 20.3 Å². The van der Waals surface area contributed by atoms with E-state index in [1.165, 1.54) is 12.1 Å². The van der Waals surface area contributed by atoms with Gasteiger partial charge in [-0.1, -0.05) is 6.92 Å². The highest BCUT2D eigenvalue weighted by Gasteiger charge is 2.20. The van der Waals surface area contributed by atoms with E-state index in [9.17, 15) is 4.39 Å². The Morgan fingerprint density at radius 3 is 2.33 bits per heavy atom. The van der Waals surface area contributed by atoms with Crippen molar-refractivity contribution < 1.29 is 9.13 Å². The molecule has 6 nitrogen and oxygen atoms in total. The molecule has 7 heteroatoms. The Hall–Kier alpha value is -1.86. The molecule has 2 unspecified atom stereocenters. The molecule has 0 spiro atoms. The number of likely N-dealkylation sites (N-methyl/N-ethyl adjacent to an activating group) is 1. The smallest absolute Gasteiger partial charge is 0.191 e. The first-order chi connectivity index (χ1) is 13.0. The highest BCUT2D eigenvalue weighted by atomic mass is 19.1. The van der Waals surface area contributed by atoms with Crippen LogP contribution >= 0.6 is 0 Å². The van der Waals surface area contributed by atoms with Gasteiger partial charge in [-0.15, -0.1) is 0 Å². The van der Waals surface area contributed by atoms with Gasteiger partial charge in [0.25, 0.3) is 0 Å². The number of rotatable bonds is 8. The Balaban J connectivity index is 1.68. The van der Waals surface area contributed by atoms with Crippen LogP contribution in [0.2, 0.25) is 0 Å². The van der Waals surface area contributed by atoms with Crippen molar-refractivity contribution in [2.24, 2.45) is 4.99 Å². The molecule has 0 radical (unpaired) electrons. The average molecular weight is 380 g/mol. The summed E-state index contributed by atoms with van der Waals surface area (Å²) in [5, 5.41) is 6.69. The van der Waals surface area contributed by atoms with E-state index in [2.05, 4.69) is 39.3 Å². The van der Waals surface area contributed by atoms with Crippen molar-refractivity contribution >= 4 is 5.96 Å². The minimum absolute atomic E-state index is 0.0615. The summed E-state index contributed by atoms with van der Waals surface area (Å²) in [6.45, 7) is 13.6. The number of nitrogens with one attached hydrogen (secondary N) is 2. The van der Waals surface area contributed by atoms with E-state index in [0.717, 1.165) is 45.2 Å². The average Bonchev–Trinajstić information content (AvgIpc) is 2.69. The van der Waals surface area contributed by atoms with Crippen LogP contribution in [0.25, 0.3) is 0 Å². The van der Waals surface area contributed by atoms with Crippen LogP contribution in [0.4, 0.5) is 4.39 Å². The largest absolute Gasteiger partial charge is 0.489 e. The maximum atomic E-state index is 12.9. The van der Waals surface area contributed by atoms with E-state index >= 15 is 0 Å². The van der Waals surface area contributed by atoms with Crippen LogP contribution in [0, 0.1) is 5.82 Å².